The molecule has 3 aromatic rings. The lowest BCUT2D eigenvalue weighted by atomic mass is 10.2. The first-order valence-corrected chi connectivity index (χ1v) is 9.29. The van der Waals surface area contributed by atoms with Crippen molar-refractivity contribution in [2.24, 2.45) is 15.3 Å². The van der Waals surface area contributed by atoms with Crippen LogP contribution in [0.5, 0.6) is 0 Å². The fraction of sp³-hybridized carbons (Fsp3) is 0.200. The van der Waals surface area contributed by atoms with Crippen LogP contribution in [0.15, 0.2) is 63.9 Å². The Labute approximate surface area is 178 Å². The lowest BCUT2D eigenvalue weighted by Gasteiger charge is -2.12. The normalized spacial score (nSPS) is 11.5. The van der Waals surface area contributed by atoms with Crippen LogP contribution in [0.4, 0.5) is 23.0 Å². The van der Waals surface area contributed by atoms with Gasteiger partial charge in [0.25, 0.3) is 11.6 Å². The molecule has 0 unspecified atom stereocenters. The molecule has 1 N–H and O–H groups in total. The van der Waals surface area contributed by atoms with E-state index >= 15 is 0 Å². The number of aryl methyl sites for hydroxylation is 2. The van der Waals surface area contributed by atoms with E-state index in [0.29, 0.717) is 17.2 Å². The summed E-state index contributed by atoms with van der Waals surface area (Å²) in [5.41, 5.74) is 5.23. The summed E-state index contributed by atoms with van der Waals surface area (Å²) in [4.78, 5) is 24.8. The number of hydrogen-bond donors (Lipinski definition) is 1. The van der Waals surface area contributed by atoms with Crippen molar-refractivity contribution in [2.45, 2.75) is 13.8 Å². The lowest BCUT2D eigenvalue weighted by Crippen LogP contribution is -2.08. The fourth-order valence-corrected chi connectivity index (χ4v) is 2.56. The van der Waals surface area contributed by atoms with Gasteiger partial charge in [-0.15, -0.1) is 10.2 Å². The summed E-state index contributed by atoms with van der Waals surface area (Å²) in [6, 6.07) is 13.5. The topological polar surface area (TPSA) is 134 Å². The summed E-state index contributed by atoms with van der Waals surface area (Å²) in [7, 11) is 3.91. The molecule has 0 saturated carbocycles. The molecule has 0 aliphatic carbocycles. The van der Waals surface area contributed by atoms with Gasteiger partial charge in [-0.3, -0.25) is 15.5 Å². The third-order valence-corrected chi connectivity index (χ3v) is 4.09. The standard InChI is InChI=1S/C20H21N9O2/c1-13-21-14(2)23-20(22-13)27-26-19(15-5-9-18(10-6-15)29(30)31)25-24-16-7-11-17(12-8-16)28(3)4/h5-12,24H,1-4H3. The van der Waals surface area contributed by atoms with E-state index in [9.17, 15) is 10.1 Å². The highest BCUT2D eigenvalue weighted by Gasteiger charge is 2.09. The predicted molar refractivity (Wildman–Crippen MR) is 118 cm³/mol. The van der Waals surface area contributed by atoms with Gasteiger partial charge in [-0.1, -0.05) is 0 Å². The van der Waals surface area contributed by atoms with Gasteiger partial charge in [0.2, 0.25) is 5.84 Å². The molecular weight excluding hydrogens is 398 g/mol. The molecule has 1 aromatic heterocycles. The molecule has 3 rings (SSSR count). The summed E-state index contributed by atoms with van der Waals surface area (Å²) in [6.45, 7) is 3.47. The van der Waals surface area contributed by atoms with Crippen molar-refractivity contribution in [3.05, 3.63) is 75.9 Å². The number of aromatic nitrogens is 3. The number of azo groups is 1. The van der Waals surface area contributed by atoms with Crippen molar-refractivity contribution in [2.75, 3.05) is 24.4 Å². The average molecular weight is 419 g/mol. The van der Waals surface area contributed by atoms with Crippen LogP contribution in [0.3, 0.4) is 0 Å². The molecule has 0 aliphatic heterocycles. The summed E-state index contributed by atoms with van der Waals surface area (Å²) >= 11 is 0. The summed E-state index contributed by atoms with van der Waals surface area (Å²) < 4.78 is 0. The maximum Gasteiger partial charge on any atom is 0.272 e. The first-order valence-electron chi connectivity index (χ1n) is 9.29. The largest absolute Gasteiger partial charge is 0.378 e. The number of benzene rings is 2. The van der Waals surface area contributed by atoms with E-state index < -0.39 is 4.92 Å². The van der Waals surface area contributed by atoms with Crippen LogP contribution < -0.4 is 10.3 Å². The van der Waals surface area contributed by atoms with Gasteiger partial charge in [-0.2, -0.15) is 15.1 Å². The number of hydrogen-bond acceptors (Lipinski definition) is 9. The van der Waals surface area contributed by atoms with Crippen LogP contribution in [0.2, 0.25) is 0 Å². The quantitative estimate of drug-likeness (QED) is 0.210. The summed E-state index contributed by atoms with van der Waals surface area (Å²) in [5, 5.41) is 23.5. The van der Waals surface area contributed by atoms with E-state index in [1.165, 1.54) is 12.1 Å². The molecule has 0 saturated heterocycles. The first-order chi connectivity index (χ1) is 14.8. The van der Waals surface area contributed by atoms with Crippen molar-refractivity contribution in [1.29, 1.82) is 0 Å². The Morgan fingerprint density at radius 3 is 2.13 bits per heavy atom. The van der Waals surface area contributed by atoms with E-state index in [2.05, 4.69) is 35.7 Å². The number of nitrogens with one attached hydrogen (secondary N) is 1. The number of nitro groups is 1. The van der Waals surface area contributed by atoms with E-state index in [1.54, 1.807) is 26.0 Å². The van der Waals surface area contributed by atoms with Crippen LogP contribution in [0.25, 0.3) is 0 Å². The van der Waals surface area contributed by atoms with Crippen molar-refractivity contribution >= 4 is 28.8 Å². The highest BCUT2D eigenvalue weighted by molar-refractivity contribution is 5.99. The molecule has 0 amide bonds. The van der Waals surface area contributed by atoms with Crippen LogP contribution >= 0.6 is 0 Å². The zero-order valence-corrected chi connectivity index (χ0v) is 17.5. The third kappa shape index (κ3) is 5.85. The van der Waals surface area contributed by atoms with Crippen LogP contribution in [0, 0.1) is 24.0 Å². The van der Waals surface area contributed by atoms with Gasteiger partial charge in [0.05, 0.1) is 10.6 Å². The Hall–Kier alpha value is -4.28. The second kappa shape index (κ2) is 9.48. The average Bonchev–Trinajstić information content (AvgIpc) is 2.73. The zero-order valence-electron chi connectivity index (χ0n) is 17.5. The van der Waals surface area contributed by atoms with Crippen molar-refractivity contribution in [1.82, 2.24) is 15.0 Å². The first kappa shape index (κ1) is 21.4. The predicted octanol–water partition coefficient (Wildman–Crippen LogP) is 4.02. The highest BCUT2D eigenvalue weighted by Crippen LogP contribution is 2.17. The van der Waals surface area contributed by atoms with Gasteiger partial charge in [-0.25, -0.2) is 4.98 Å². The van der Waals surface area contributed by atoms with Gasteiger partial charge in [0.1, 0.15) is 11.6 Å². The Morgan fingerprint density at radius 2 is 1.58 bits per heavy atom. The maximum atomic E-state index is 10.9. The molecule has 0 spiro atoms. The minimum absolute atomic E-state index is 0.0315. The summed E-state index contributed by atoms with van der Waals surface area (Å²) in [6.07, 6.45) is 0. The van der Waals surface area contributed by atoms with Crippen LogP contribution in [0.1, 0.15) is 17.2 Å². The van der Waals surface area contributed by atoms with Gasteiger partial charge < -0.3 is 4.90 Å². The monoisotopic (exact) mass is 419 g/mol. The third-order valence-electron chi connectivity index (χ3n) is 4.09. The Balaban J connectivity index is 1.91. The number of non-ortho nitro benzene ring substituents is 1. The van der Waals surface area contributed by atoms with Crippen molar-refractivity contribution < 1.29 is 4.92 Å². The molecule has 0 atom stereocenters. The lowest BCUT2D eigenvalue weighted by molar-refractivity contribution is -0.384. The number of amidine groups is 1. The maximum absolute atomic E-state index is 10.9. The molecule has 11 nitrogen and oxygen atoms in total. The molecule has 158 valence electrons. The molecular formula is C20H21N9O2. The minimum atomic E-state index is -0.469. The molecule has 2 aromatic carbocycles. The van der Waals surface area contributed by atoms with Crippen molar-refractivity contribution in [3.63, 3.8) is 0 Å². The van der Waals surface area contributed by atoms with Crippen molar-refractivity contribution in [3.8, 4) is 0 Å². The van der Waals surface area contributed by atoms with Gasteiger partial charge in [0, 0.05) is 37.5 Å². The Morgan fingerprint density at radius 1 is 0.968 bits per heavy atom. The number of hydrazone groups is 1. The van der Waals surface area contributed by atoms with E-state index in [0.717, 1.165) is 11.4 Å². The molecule has 1 heterocycles. The molecule has 0 bridgehead atoms. The highest BCUT2D eigenvalue weighted by atomic mass is 16.6. The molecule has 31 heavy (non-hydrogen) atoms. The van der Waals surface area contributed by atoms with Gasteiger partial charge in [0.15, 0.2) is 0 Å². The number of nitro benzene ring substituents is 1. The van der Waals surface area contributed by atoms with Crippen LogP contribution in [-0.2, 0) is 0 Å². The van der Waals surface area contributed by atoms with Gasteiger partial charge >= 0.3 is 0 Å². The SMILES string of the molecule is Cc1nc(C)nc(N=NC(=NNc2ccc(N(C)C)cc2)c2ccc([N+](=O)[O-])cc2)n1. The second-order valence-electron chi connectivity index (χ2n) is 6.72. The van der Waals surface area contributed by atoms with Crippen LogP contribution in [-0.4, -0.2) is 39.8 Å². The Bertz CT molecular complexity index is 1100. The van der Waals surface area contributed by atoms with E-state index in [-0.39, 0.29) is 17.5 Å². The summed E-state index contributed by atoms with van der Waals surface area (Å²) in [5.74, 6) is 1.40. The number of rotatable bonds is 6. The van der Waals surface area contributed by atoms with E-state index in [1.807, 2.05) is 43.3 Å². The fourth-order valence-electron chi connectivity index (χ4n) is 2.56. The van der Waals surface area contributed by atoms with Gasteiger partial charge in [-0.05, 0) is 50.2 Å². The second-order valence-corrected chi connectivity index (χ2v) is 6.72. The van der Waals surface area contributed by atoms with E-state index in [4.69, 9.17) is 0 Å². The molecule has 0 fully saturated rings. The molecule has 11 heteroatoms. The molecule has 0 radical (unpaired) electrons. The molecule has 0 aliphatic rings. The number of nitrogens with zero attached hydrogens (tertiary/aromatic N) is 8. The number of anilines is 2. The minimum Gasteiger partial charge on any atom is -0.378 e. The zero-order chi connectivity index (χ0) is 22.4. The Kier molecular flexibility index (Phi) is 6.55. The smallest absolute Gasteiger partial charge is 0.272 e.